The molecule has 5 nitrogen and oxygen atoms in total. The first-order valence-corrected chi connectivity index (χ1v) is 4.55. The molecule has 0 heterocycles. The molecular formula is C10H7ClN2O3. The molecular weight excluding hydrogens is 232 g/mol. The highest BCUT2D eigenvalue weighted by Crippen LogP contribution is 2.22. The van der Waals surface area contributed by atoms with Crippen LogP contribution in [0.1, 0.15) is 5.56 Å². The van der Waals surface area contributed by atoms with E-state index in [0.717, 1.165) is 7.11 Å². The van der Waals surface area contributed by atoms with E-state index in [1.807, 2.05) is 6.07 Å². The van der Waals surface area contributed by atoms with Crippen LogP contribution in [0.2, 0.25) is 5.02 Å². The predicted molar refractivity (Wildman–Crippen MR) is 56.8 cm³/mol. The third-order valence-electron chi connectivity index (χ3n) is 1.72. The number of esters is 1. The van der Waals surface area contributed by atoms with E-state index in [0.29, 0.717) is 5.56 Å². The van der Waals surface area contributed by atoms with Crippen molar-refractivity contribution in [2.24, 2.45) is 0 Å². The molecule has 0 spiro atoms. The number of halogens is 1. The lowest BCUT2D eigenvalue weighted by molar-refractivity contribution is -0.150. The minimum absolute atomic E-state index is 0.177. The van der Waals surface area contributed by atoms with Gasteiger partial charge in [0, 0.05) is 0 Å². The van der Waals surface area contributed by atoms with Crippen molar-refractivity contribution in [3.8, 4) is 6.07 Å². The van der Waals surface area contributed by atoms with Crippen LogP contribution in [0.5, 0.6) is 0 Å². The molecule has 1 rings (SSSR count). The maximum absolute atomic E-state index is 11.1. The summed E-state index contributed by atoms with van der Waals surface area (Å²) in [6.07, 6.45) is 0. The van der Waals surface area contributed by atoms with Crippen molar-refractivity contribution in [1.82, 2.24) is 0 Å². The Kier molecular flexibility index (Phi) is 3.86. The zero-order chi connectivity index (χ0) is 12.1. The summed E-state index contributed by atoms with van der Waals surface area (Å²) in [6, 6.07) is 6.18. The van der Waals surface area contributed by atoms with Gasteiger partial charge in [0.2, 0.25) is 0 Å². The lowest BCUT2D eigenvalue weighted by atomic mass is 10.2. The highest BCUT2D eigenvalue weighted by Gasteiger charge is 2.15. The fourth-order valence-electron chi connectivity index (χ4n) is 0.952. The Balaban J connectivity index is 2.87. The Morgan fingerprint density at radius 1 is 1.50 bits per heavy atom. The third kappa shape index (κ3) is 2.72. The molecule has 0 radical (unpaired) electrons. The second-order valence-electron chi connectivity index (χ2n) is 2.75. The molecule has 0 saturated carbocycles. The lowest BCUT2D eigenvalue weighted by Gasteiger charge is -2.05. The molecule has 0 aromatic heterocycles. The van der Waals surface area contributed by atoms with E-state index >= 15 is 0 Å². The van der Waals surface area contributed by atoms with Crippen LogP contribution >= 0.6 is 11.6 Å². The average Bonchev–Trinajstić information content (AvgIpc) is 2.30. The van der Waals surface area contributed by atoms with Crippen LogP contribution in [0.25, 0.3) is 0 Å². The van der Waals surface area contributed by atoms with Crippen LogP contribution < -0.4 is 5.32 Å². The molecule has 0 aliphatic heterocycles. The van der Waals surface area contributed by atoms with E-state index < -0.39 is 11.9 Å². The number of hydrogen-bond donors (Lipinski definition) is 1. The number of benzene rings is 1. The SMILES string of the molecule is COC(=O)C(=O)Nc1ccc(C#N)cc1Cl. The smallest absolute Gasteiger partial charge is 0.396 e. The number of amides is 1. The zero-order valence-electron chi connectivity index (χ0n) is 8.28. The van der Waals surface area contributed by atoms with Crippen molar-refractivity contribution in [2.45, 2.75) is 0 Å². The summed E-state index contributed by atoms with van der Waals surface area (Å²) in [5.41, 5.74) is 0.608. The molecule has 16 heavy (non-hydrogen) atoms. The van der Waals surface area contributed by atoms with Gasteiger partial charge in [-0.05, 0) is 18.2 Å². The number of methoxy groups -OCH3 is 1. The zero-order valence-corrected chi connectivity index (χ0v) is 9.04. The normalized spacial score (nSPS) is 9.06. The molecule has 1 aromatic rings. The highest BCUT2D eigenvalue weighted by atomic mass is 35.5. The largest absolute Gasteiger partial charge is 0.462 e. The quantitative estimate of drug-likeness (QED) is 0.591. The van der Waals surface area contributed by atoms with Crippen LogP contribution in [0.4, 0.5) is 5.69 Å². The highest BCUT2D eigenvalue weighted by molar-refractivity contribution is 6.39. The Bertz CT molecular complexity index is 479. The monoisotopic (exact) mass is 238 g/mol. The van der Waals surface area contributed by atoms with E-state index in [9.17, 15) is 9.59 Å². The van der Waals surface area contributed by atoms with E-state index in [4.69, 9.17) is 16.9 Å². The molecule has 1 amide bonds. The van der Waals surface area contributed by atoms with Crippen molar-refractivity contribution in [3.63, 3.8) is 0 Å². The second kappa shape index (κ2) is 5.14. The second-order valence-corrected chi connectivity index (χ2v) is 3.16. The summed E-state index contributed by atoms with van der Waals surface area (Å²) in [7, 11) is 1.10. The number of hydrogen-bond acceptors (Lipinski definition) is 4. The number of carbonyl (C=O) groups is 2. The van der Waals surface area contributed by atoms with Gasteiger partial charge >= 0.3 is 11.9 Å². The van der Waals surface area contributed by atoms with Crippen LogP contribution in [-0.2, 0) is 14.3 Å². The van der Waals surface area contributed by atoms with Gasteiger partial charge in [-0.15, -0.1) is 0 Å². The molecule has 0 saturated heterocycles. The Morgan fingerprint density at radius 2 is 2.19 bits per heavy atom. The summed E-state index contributed by atoms with van der Waals surface area (Å²) < 4.78 is 4.22. The van der Waals surface area contributed by atoms with Gasteiger partial charge in [-0.2, -0.15) is 5.26 Å². The molecule has 0 fully saturated rings. The number of rotatable bonds is 1. The van der Waals surface area contributed by atoms with Crippen molar-refractivity contribution < 1.29 is 14.3 Å². The number of nitriles is 1. The lowest BCUT2D eigenvalue weighted by Crippen LogP contribution is -2.23. The summed E-state index contributed by atoms with van der Waals surface area (Å²) in [5.74, 6) is -1.94. The molecule has 1 N–H and O–H groups in total. The molecule has 1 aromatic carbocycles. The van der Waals surface area contributed by atoms with Gasteiger partial charge in [-0.3, -0.25) is 4.79 Å². The van der Waals surface area contributed by atoms with Crippen LogP contribution in [-0.4, -0.2) is 19.0 Å². The third-order valence-corrected chi connectivity index (χ3v) is 2.03. The van der Waals surface area contributed by atoms with Crippen molar-refractivity contribution in [1.29, 1.82) is 5.26 Å². The topological polar surface area (TPSA) is 79.2 Å². The van der Waals surface area contributed by atoms with Crippen LogP contribution in [0.15, 0.2) is 18.2 Å². The van der Waals surface area contributed by atoms with Gasteiger partial charge in [0.05, 0.1) is 29.5 Å². The summed E-state index contributed by atoms with van der Waals surface area (Å²) >= 11 is 5.78. The Labute approximate surface area is 96.6 Å². The first-order chi connectivity index (χ1) is 7.58. The maximum Gasteiger partial charge on any atom is 0.396 e. The van der Waals surface area contributed by atoms with Gasteiger partial charge < -0.3 is 10.1 Å². The summed E-state index contributed by atoms with van der Waals surface area (Å²) in [6.45, 7) is 0. The maximum atomic E-state index is 11.1. The molecule has 0 aliphatic rings. The van der Waals surface area contributed by atoms with E-state index in [1.54, 1.807) is 0 Å². The van der Waals surface area contributed by atoms with Crippen LogP contribution in [0.3, 0.4) is 0 Å². The number of nitrogens with zero attached hydrogens (tertiary/aromatic N) is 1. The van der Waals surface area contributed by atoms with Crippen molar-refractivity contribution >= 4 is 29.2 Å². The van der Waals surface area contributed by atoms with Gasteiger partial charge in [0.15, 0.2) is 0 Å². The average molecular weight is 239 g/mol. The summed E-state index contributed by atoms with van der Waals surface area (Å²) in [5, 5.41) is 11.0. The molecule has 6 heteroatoms. The molecule has 0 bridgehead atoms. The standard InChI is InChI=1S/C10H7ClN2O3/c1-16-10(15)9(14)13-8-3-2-6(5-12)4-7(8)11/h2-4H,1H3,(H,13,14). The fourth-order valence-corrected chi connectivity index (χ4v) is 1.18. The van der Waals surface area contributed by atoms with Gasteiger partial charge in [-0.25, -0.2) is 4.79 Å². The minimum Gasteiger partial charge on any atom is -0.462 e. The molecule has 82 valence electrons. The van der Waals surface area contributed by atoms with E-state index in [-0.39, 0.29) is 10.7 Å². The van der Waals surface area contributed by atoms with Crippen LogP contribution in [0, 0.1) is 11.3 Å². The number of nitrogens with one attached hydrogen (secondary N) is 1. The molecule has 0 atom stereocenters. The number of carbonyl (C=O) groups excluding carboxylic acids is 2. The number of anilines is 1. The van der Waals surface area contributed by atoms with Gasteiger partial charge in [-0.1, -0.05) is 11.6 Å². The fraction of sp³-hybridized carbons (Fsp3) is 0.100. The van der Waals surface area contributed by atoms with E-state index in [2.05, 4.69) is 10.1 Å². The molecule has 0 unspecified atom stereocenters. The summed E-state index contributed by atoms with van der Waals surface area (Å²) in [4.78, 5) is 22.0. The van der Waals surface area contributed by atoms with Gasteiger partial charge in [0.1, 0.15) is 0 Å². The predicted octanol–water partition coefficient (Wildman–Crippen LogP) is 1.32. The Hall–Kier alpha value is -2.06. The van der Waals surface area contributed by atoms with E-state index in [1.165, 1.54) is 18.2 Å². The minimum atomic E-state index is -1.01. The first-order valence-electron chi connectivity index (χ1n) is 4.17. The van der Waals surface area contributed by atoms with Crippen molar-refractivity contribution in [3.05, 3.63) is 28.8 Å². The first kappa shape index (κ1) is 12.0. The van der Waals surface area contributed by atoms with Gasteiger partial charge in [0.25, 0.3) is 0 Å². The van der Waals surface area contributed by atoms with Crippen molar-refractivity contribution in [2.75, 3.05) is 12.4 Å². The number of ether oxygens (including phenoxy) is 1. The molecule has 0 aliphatic carbocycles. The Morgan fingerprint density at radius 3 is 2.69 bits per heavy atom.